The number of nitrogens with one attached hydrogen (secondary N) is 1. The molecule has 0 radical (unpaired) electrons. The Hall–Kier alpha value is -0.570. The Labute approximate surface area is 98.6 Å². The highest BCUT2D eigenvalue weighted by molar-refractivity contribution is 5.80. The number of hydrogen-bond donors (Lipinski definition) is 2. The minimum atomic E-state index is -0.723. The predicted octanol–water partition coefficient (Wildman–Crippen LogP) is 2.65. The van der Waals surface area contributed by atoms with Crippen molar-refractivity contribution in [2.75, 3.05) is 0 Å². The number of carbonyl (C=O) groups is 1. The van der Waals surface area contributed by atoms with Gasteiger partial charge in [-0.3, -0.25) is 10.1 Å². The standard InChI is InChI=1S/C13H25NO2/c1-6-10(3)14-13(11(15)16)8-12(4,5)7-9(13)2/h9-10,14H,6-8H2,1-5H3,(H,15,16). The van der Waals surface area contributed by atoms with E-state index in [0.29, 0.717) is 0 Å². The summed E-state index contributed by atoms with van der Waals surface area (Å²) in [6, 6.07) is 0.257. The molecule has 1 fully saturated rings. The second kappa shape index (κ2) is 4.36. The summed E-state index contributed by atoms with van der Waals surface area (Å²) in [5.41, 5.74) is -0.600. The first-order valence-electron chi connectivity index (χ1n) is 6.24. The third-order valence-corrected chi connectivity index (χ3v) is 3.96. The van der Waals surface area contributed by atoms with E-state index in [9.17, 15) is 9.90 Å². The molecule has 0 aromatic heterocycles. The summed E-state index contributed by atoms with van der Waals surface area (Å²) >= 11 is 0. The van der Waals surface area contributed by atoms with Crippen molar-refractivity contribution in [2.24, 2.45) is 11.3 Å². The van der Waals surface area contributed by atoms with Crippen LogP contribution in [0.2, 0.25) is 0 Å². The molecule has 1 rings (SSSR count). The van der Waals surface area contributed by atoms with Crippen LogP contribution < -0.4 is 5.32 Å². The molecule has 94 valence electrons. The van der Waals surface area contributed by atoms with E-state index >= 15 is 0 Å². The van der Waals surface area contributed by atoms with E-state index in [0.717, 1.165) is 19.3 Å². The van der Waals surface area contributed by atoms with E-state index in [-0.39, 0.29) is 17.4 Å². The smallest absolute Gasteiger partial charge is 0.324 e. The first-order valence-corrected chi connectivity index (χ1v) is 6.24. The van der Waals surface area contributed by atoms with Gasteiger partial charge in [-0.05, 0) is 37.5 Å². The van der Waals surface area contributed by atoms with Crippen LogP contribution >= 0.6 is 0 Å². The van der Waals surface area contributed by atoms with Crippen molar-refractivity contribution >= 4 is 5.97 Å². The predicted molar refractivity (Wildman–Crippen MR) is 65.4 cm³/mol. The average Bonchev–Trinajstić information content (AvgIpc) is 2.37. The highest BCUT2D eigenvalue weighted by atomic mass is 16.4. The lowest BCUT2D eigenvalue weighted by molar-refractivity contribution is -0.147. The SMILES string of the molecule is CCC(C)NC1(C(=O)O)CC(C)(C)CC1C. The van der Waals surface area contributed by atoms with E-state index in [1.54, 1.807) is 0 Å². The fraction of sp³-hybridized carbons (Fsp3) is 0.923. The van der Waals surface area contributed by atoms with E-state index in [1.165, 1.54) is 0 Å². The van der Waals surface area contributed by atoms with Gasteiger partial charge in [-0.25, -0.2) is 0 Å². The van der Waals surface area contributed by atoms with Gasteiger partial charge >= 0.3 is 5.97 Å². The second-order valence-corrected chi connectivity index (χ2v) is 6.18. The van der Waals surface area contributed by atoms with Crippen LogP contribution in [0, 0.1) is 11.3 Å². The van der Waals surface area contributed by atoms with Gasteiger partial charge < -0.3 is 5.11 Å². The largest absolute Gasteiger partial charge is 0.480 e. The number of hydrogen-bond acceptors (Lipinski definition) is 2. The van der Waals surface area contributed by atoms with Crippen LogP contribution in [-0.2, 0) is 4.79 Å². The van der Waals surface area contributed by atoms with Crippen LogP contribution in [0.5, 0.6) is 0 Å². The zero-order chi connectivity index (χ0) is 12.6. The van der Waals surface area contributed by atoms with Crippen molar-refractivity contribution in [3.63, 3.8) is 0 Å². The molecule has 1 aliphatic carbocycles. The molecule has 1 aliphatic rings. The summed E-state index contributed by atoms with van der Waals surface area (Å²) in [7, 11) is 0. The van der Waals surface area contributed by atoms with Crippen molar-refractivity contribution in [2.45, 2.75) is 65.5 Å². The first-order chi connectivity index (χ1) is 7.23. The van der Waals surface area contributed by atoms with Crippen LogP contribution in [0.4, 0.5) is 0 Å². The fourth-order valence-electron chi connectivity index (χ4n) is 3.09. The average molecular weight is 227 g/mol. The van der Waals surface area contributed by atoms with Crippen molar-refractivity contribution in [3.8, 4) is 0 Å². The van der Waals surface area contributed by atoms with E-state index < -0.39 is 11.5 Å². The fourth-order valence-corrected chi connectivity index (χ4v) is 3.09. The molecule has 0 aromatic rings. The maximum Gasteiger partial charge on any atom is 0.324 e. The van der Waals surface area contributed by atoms with Gasteiger partial charge in [-0.1, -0.05) is 27.7 Å². The maximum absolute atomic E-state index is 11.6. The Morgan fingerprint density at radius 1 is 1.56 bits per heavy atom. The van der Waals surface area contributed by atoms with Gasteiger partial charge in [-0.15, -0.1) is 0 Å². The van der Waals surface area contributed by atoms with Gasteiger partial charge in [0.25, 0.3) is 0 Å². The van der Waals surface area contributed by atoms with Crippen LogP contribution in [0.1, 0.15) is 53.9 Å². The Bertz CT molecular complexity index is 275. The van der Waals surface area contributed by atoms with E-state index in [1.807, 2.05) is 0 Å². The van der Waals surface area contributed by atoms with Gasteiger partial charge in [0.15, 0.2) is 0 Å². The summed E-state index contributed by atoms with van der Waals surface area (Å²) in [4.78, 5) is 11.6. The molecule has 3 nitrogen and oxygen atoms in total. The topological polar surface area (TPSA) is 49.3 Å². The lowest BCUT2D eigenvalue weighted by Crippen LogP contribution is -2.57. The summed E-state index contributed by atoms with van der Waals surface area (Å²) in [5.74, 6) is -0.500. The minimum absolute atomic E-state index is 0.123. The molecule has 16 heavy (non-hydrogen) atoms. The second-order valence-electron chi connectivity index (χ2n) is 6.18. The summed E-state index contributed by atoms with van der Waals surface area (Å²) < 4.78 is 0. The third kappa shape index (κ3) is 2.40. The van der Waals surface area contributed by atoms with Crippen molar-refractivity contribution in [3.05, 3.63) is 0 Å². The van der Waals surface area contributed by atoms with Crippen LogP contribution in [0.15, 0.2) is 0 Å². The molecule has 0 amide bonds. The molecule has 2 N–H and O–H groups in total. The first kappa shape index (κ1) is 13.5. The Morgan fingerprint density at radius 2 is 2.12 bits per heavy atom. The molecule has 0 aliphatic heterocycles. The van der Waals surface area contributed by atoms with Gasteiger partial charge in [0.2, 0.25) is 0 Å². The molecule has 0 spiro atoms. The van der Waals surface area contributed by atoms with Crippen molar-refractivity contribution in [1.29, 1.82) is 0 Å². The highest BCUT2D eigenvalue weighted by Crippen LogP contribution is 2.47. The van der Waals surface area contributed by atoms with Crippen molar-refractivity contribution < 1.29 is 9.90 Å². The molecule has 1 saturated carbocycles. The monoisotopic (exact) mass is 227 g/mol. The molecule has 3 atom stereocenters. The zero-order valence-corrected chi connectivity index (χ0v) is 11.1. The van der Waals surface area contributed by atoms with Crippen LogP contribution in [0.3, 0.4) is 0 Å². The summed E-state index contributed by atoms with van der Waals surface area (Å²) in [6.07, 6.45) is 2.66. The third-order valence-electron chi connectivity index (χ3n) is 3.96. The molecular weight excluding hydrogens is 202 g/mol. The number of aliphatic carboxylic acids is 1. The van der Waals surface area contributed by atoms with Crippen LogP contribution in [0.25, 0.3) is 0 Å². The van der Waals surface area contributed by atoms with Gasteiger partial charge in [0, 0.05) is 6.04 Å². The number of carboxylic acid groups (broad SMARTS) is 1. The lowest BCUT2D eigenvalue weighted by atomic mass is 9.85. The minimum Gasteiger partial charge on any atom is -0.480 e. The van der Waals surface area contributed by atoms with Gasteiger partial charge in [0.1, 0.15) is 5.54 Å². The Morgan fingerprint density at radius 3 is 2.44 bits per heavy atom. The normalized spacial score (nSPS) is 34.9. The van der Waals surface area contributed by atoms with Crippen LogP contribution in [-0.4, -0.2) is 22.7 Å². The van der Waals surface area contributed by atoms with E-state index in [4.69, 9.17) is 0 Å². The molecular formula is C13H25NO2. The van der Waals surface area contributed by atoms with Gasteiger partial charge in [-0.2, -0.15) is 0 Å². The van der Waals surface area contributed by atoms with Gasteiger partial charge in [0.05, 0.1) is 0 Å². The molecule has 3 heteroatoms. The molecule has 3 unspecified atom stereocenters. The molecule has 0 heterocycles. The van der Waals surface area contributed by atoms with Crippen molar-refractivity contribution in [1.82, 2.24) is 5.32 Å². The lowest BCUT2D eigenvalue weighted by Gasteiger charge is -2.34. The Kier molecular flexibility index (Phi) is 3.68. The Balaban J connectivity index is 2.94. The maximum atomic E-state index is 11.6. The number of rotatable bonds is 4. The quantitative estimate of drug-likeness (QED) is 0.776. The molecule has 0 saturated heterocycles. The molecule has 0 bridgehead atoms. The zero-order valence-electron chi connectivity index (χ0n) is 11.1. The highest BCUT2D eigenvalue weighted by Gasteiger charge is 2.53. The molecule has 0 aromatic carbocycles. The van der Waals surface area contributed by atoms with E-state index in [2.05, 4.69) is 39.9 Å². The summed E-state index contributed by atoms with van der Waals surface area (Å²) in [6.45, 7) is 10.5. The number of carboxylic acids is 1. The summed E-state index contributed by atoms with van der Waals surface area (Å²) in [5, 5.41) is 12.9.